The maximum absolute atomic E-state index is 12.4. The van der Waals surface area contributed by atoms with Crippen LogP contribution in [0.15, 0.2) is 29.4 Å². The molecule has 0 aliphatic carbocycles. The third-order valence-electron chi connectivity index (χ3n) is 3.24. The van der Waals surface area contributed by atoms with E-state index < -0.39 is 15.9 Å². The Kier molecular flexibility index (Phi) is 5.35. The molecule has 0 saturated heterocycles. The Labute approximate surface area is 144 Å². The van der Waals surface area contributed by atoms with Gasteiger partial charge in [0, 0.05) is 19.8 Å². The van der Waals surface area contributed by atoms with E-state index in [1.54, 1.807) is 0 Å². The van der Waals surface area contributed by atoms with Crippen LogP contribution in [0.5, 0.6) is 5.75 Å². The van der Waals surface area contributed by atoms with E-state index in [1.165, 1.54) is 50.3 Å². The lowest BCUT2D eigenvalue weighted by Gasteiger charge is -2.16. The summed E-state index contributed by atoms with van der Waals surface area (Å²) < 4.78 is 32.1. The van der Waals surface area contributed by atoms with Crippen molar-refractivity contribution in [2.45, 2.75) is 11.4 Å². The number of benzene rings is 1. The molecule has 10 nitrogen and oxygen atoms in total. The van der Waals surface area contributed by atoms with Crippen LogP contribution in [0.3, 0.4) is 0 Å². The molecule has 1 amide bonds. The van der Waals surface area contributed by atoms with Crippen LogP contribution >= 0.6 is 0 Å². The summed E-state index contributed by atoms with van der Waals surface area (Å²) in [5, 5.41) is 18.5. The molecule has 11 heteroatoms. The molecule has 1 heterocycles. The number of rotatable bonds is 6. The molecule has 1 N–H and O–H groups in total. The second kappa shape index (κ2) is 7.29. The molecule has 2 rings (SSSR count). The summed E-state index contributed by atoms with van der Waals surface area (Å²) in [5.41, 5.74) is 0.276. The first-order chi connectivity index (χ1) is 11.8. The Hall–Kier alpha value is -2.97. The van der Waals surface area contributed by atoms with Crippen molar-refractivity contribution >= 4 is 21.6 Å². The zero-order chi connectivity index (χ0) is 18.6. The average molecular weight is 364 g/mol. The molecule has 0 unspecified atom stereocenters. The molecule has 2 aromatic rings. The Morgan fingerprint density at radius 2 is 2.16 bits per heavy atom. The van der Waals surface area contributed by atoms with Gasteiger partial charge in [-0.05, 0) is 18.2 Å². The first kappa shape index (κ1) is 18.4. The molecule has 1 aromatic carbocycles. The van der Waals surface area contributed by atoms with Crippen molar-refractivity contribution in [3.63, 3.8) is 0 Å². The van der Waals surface area contributed by atoms with Gasteiger partial charge >= 0.3 is 0 Å². The number of methoxy groups -OCH3 is 1. The summed E-state index contributed by atoms with van der Waals surface area (Å²) in [6.07, 6.45) is 1.26. The summed E-state index contributed by atoms with van der Waals surface area (Å²) in [7, 11) is 0.406. The Morgan fingerprint density at radius 1 is 1.44 bits per heavy atom. The summed E-state index contributed by atoms with van der Waals surface area (Å²) in [6.45, 7) is -0.183. The second-order valence-electron chi connectivity index (χ2n) is 5.10. The number of anilines is 1. The average Bonchev–Trinajstić information content (AvgIpc) is 3.01. The molecule has 0 bridgehead atoms. The first-order valence-electron chi connectivity index (χ1n) is 6.98. The number of nitriles is 1. The van der Waals surface area contributed by atoms with E-state index in [0.717, 1.165) is 4.31 Å². The quantitative estimate of drug-likeness (QED) is 0.766. The number of aromatic nitrogens is 3. The maximum Gasteiger partial charge on any atom is 0.246 e. The smallest absolute Gasteiger partial charge is 0.246 e. The van der Waals surface area contributed by atoms with Gasteiger partial charge in [0.2, 0.25) is 21.8 Å². The zero-order valence-electron chi connectivity index (χ0n) is 13.8. The molecule has 1 aromatic heterocycles. The fourth-order valence-electron chi connectivity index (χ4n) is 1.97. The summed E-state index contributed by atoms with van der Waals surface area (Å²) >= 11 is 0. The van der Waals surface area contributed by atoms with Gasteiger partial charge in [0.25, 0.3) is 0 Å². The number of nitrogens with zero attached hydrogens (tertiary/aromatic N) is 5. The third kappa shape index (κ3) is 3.93. The van der Waals surface area contributed by atoms with E-state index in [4.69, 9.17) is 10.00 Å². The van der Waals surface area contributed by atoms with Gasteiger partial charge in [-0.25, -0.2) is 12.7 Å². The van der Waals surface area contributed by atoms with Crippen LogP contribution < -0.4 is 10.1 Å². The van der Waals surface area contributed by atoms with Gasteiger partial charge in [0.1, 0.15) is 29.6 Å². The minimum Gasteiger partial charge on any atom is -0.495 e. The van der Waals surface area contributed by atoms with Gasteiger partial charge in [-0.1, -0.05) is 0 Å². The van der Waals surface area contributed by atoms with Crippen LogP contribution in [0.2, 0.25) is 0 Å². The van der Waals surface area contributed by atoms with Crippen molar-refractivity contribution in [1.82, 2.24) is 19.1 Å². The highest BCUT2D eigenvalue weighted by Gasteiger charge is 2.23. The van der Waals surface area contributed by atoms with Gasteiger partial charge in [0.15, 0.2) is 0 Å². The van der Waals surface area contributed by atoms with E-state index >= 15 is 0 Å². The molecule has 0 atom stereocenters. The maximum atomic E-state index is 12.4. The predicted molar refractivity (Wildman–Crippen MR) is 87.2 cm³/mol. The van der Waals surface area contributed by atoms with Crippen LogP contribution in [0.4, 0.5) is 5.69 Å². The predicted octanol–water partition coefficient (Wildman–Crippen LogP) is 0.0474. The van der Waals surface area contributed by atoms with E-state index in [0.29, 0.717) is 0 Å². The van der Waals surface area contributed by atoms with Gasteiger partial charge in [0.05, 0.1) is 7.11 Å². The highest BCUT2D eigenvalue weighted by molar-refractivity contribution is 7.89. The van der Waals surface area contributed by atoms with Crippen molar-refractivity contribution in [3.05, 3.63) is 30.4 Å². The molecule has 0 saturated carbocycles. The molecular formula is C14H16N6O4S. The van der Waals surface area contributed by atoms with Crippen LogP contribution in [0.25, 0.3) is 0 Å². The minimum atomic E-state index is -3.75. The molecule has 0 aliphatic rings. The summed E-state index contributed by atoms with van der Waals surface area (Å²) in [5.74, 6) is -0.298. The second-order valence-corrected chi connectivity index (χ2v) is 7.22. The van der Waals surface area contributed by atoms with E-state index in [-0.39, 0.29) is 28.7 Å². The number of carbonyl (C=O) groups excluding carboxylic acids is 1. The van der Waals surface area contributed by atoms with Crippen molar-refractivity contribution in [3.8, 4) is 11.8 Å². The van der Waals surface area contributed by atoms with E-state index in [9.17, 15) is 13.2 Å². The monoisotopic (exact) mass is 364 g/mol. The normalized spacial score (nSPS) is 11.2. The largest absolute Gasteiger partial charge is 0.495 e. The highest BCUT2D eigenvalue weighted by atomic mass is 32.2. The lowest BCUT2D eigenvalue weighted by atomic mass is 10.3. The fraction of sp³-hybridized carbons (Fsp3) is 0.286. The molecule has 0 fully saturated rings. The number of nitrogens with one attached hydrogen (secondary N) is 1. The molecule has 0 radical (unpaired) electrons. The van der Waals surface area contributed by atoms with E-state index in [2.05, 4.69) is 15.5 Å². The van der Waals surface area contributed by atoms with Crippen LogP contribution in [0.1, 0.15) is 5.82 Å². The Balaban J connectivity index is 2.26. The van der Waals surface area contributed by atoms with Crippen LogP contribution in [-0.2, 0) is 21.4 Å². The molecule has 25 heavy (non-hydrogen) atoms. The number of carbonyl (C=O) groups is 1. The SMILES string of the molecule is COc1ccc(NC(=O)Cn2cnnc2C#N)cc1S(=O)(=O)N(C)C. The first-order valence-corrected chi connectivity index (χ1v) is 8.42. The van der Waals surface area contributed by atoms with Crippen molar-refractivity contribution in [1.29, 1.82) is 5.26 Å². The Bertz CT molecular complexity index is 929. The lowest BCUT2D eigenvalue weighted by Crippen LogP contribution is -2.23. The highest BCUT2D eigenvalue weighted by Crippen LogP contribution is 2.28. The van der Waals surface area contributed by atoms with Crippen molar-refractivity contribution in [2.24, 2.45) is 0 Å². The Morgan fingerprint density at radius 3 is 2.76 bits per heavy atom. The van der Waals surface area contributed by atoms with Crippen LogP contribution in [-0.4, -0.2) is 54.6 Å². The molecular weight excluding hydrogens is 348 g/mol. The topological polar surface area (TPSA) is 130 Å². The number of ether oxygens (including phenoxy) is 1. The summed E-state index contributed by atoms with van der Waals surface area (Å²) in [4.78, 5) is 12.0. The minimum absolute atomic E-state index is 0.000700. The van der Waals surface area contributed by atoms with Gasteiger partial charge < -0.3 is 10.1 Å². The van der Waals surface area contributed by atoms with Crippen molar-refractivity contribution in [2.75, 3.05) is 26.5 Å². The third-order valence-corrected chi connectivity index (χ3v) is 5.07. The van der Waals surface area contributed by atoms with E-state index in [1.807, 2.05) is 6.07 Å². The van der Waals surface area contributed by atoms with Gasteiger partial charge in [-0.3, -0.25) is 9.36 Å². The summed E-state index contributed by atoms with van der Waals surface area (Å²) in [6, 6.07) is 6.08. The van der Waals surface area contributed by atoms with Gasteiger partial charge in [-0.2, -0.15) is 5.26 Å². The van der Waals surface area contributed by atoms with Gasteiger partial charge in [-0.15, -0.1) is 10.2 Å². The van der Waals surface area contributed by atoms with Crippen LogP contribution in [0, 0.1) is 11.3 Å². The number of hydrogen-bond donors (Lipinski definition) is 1. The standard InChI is InChI=1S/C14H16N6O4S/c1-19(2)25(22,23)12-6-10(4-5-11(12)24-3)17-14(21)8-20-9-16-18-13(20)7-15/h4-6,9H,8H2,1-3H3,(H,17,21). The number of hydrogen-bond acceptors (Lipinski definition) is 7. The molecule has 0 spiro atoms. The molecule has 0 aliphatic heterocycles. The zero-order valence-corrected chi connectivity index (χ0v) is 14.6. The molecule has 132 valence electrons. The van der Waals surface area contributed by atoms with Crippen molar-refractivity contribution < 1.29 is 17.9 Å². The fourth-order valence-corrected chi connectivity index (χ4v) is 3.04. The lowest BCUT2D eigenvalue weighted by molar-refractivity contribution is -0.116. The number of sulfonamides is 1. The number of amides is 1.